The highest BCUT2D eigenvalue weighted by Crippen LogP contribution is 2.24. The normalized spacial score (nSPS) is 11.6. The van der Waals surface area contributed by atoms with Crippen LogP contribution in [0.25, 0.3) is 0 Å². The summed E-state index contributed by atoms with van der Waals surface area (Å²) in [6, 6.07) is 4.89. The maximum atomic E-state index is 12.0. The number of halogens is 1. The molecule has 16 heavy (non-hydrogen) atoms. The Morgan fingerprint density at radius 2 is 2.12 bits per heavy atom. The largest absolute Gasteiger partial charge is 0.398 e. The molecule has 1 aromatic carbocycles. The Balaban J connectivity index is 2.93. The lowest BCUT2D eigenvalue weighted by molar-refractivity contribution is 0.598. The third-order valence-corrected chi connectivity index (χ3v) is 5.43. The van der Waals surface area contributed by atoms with Crippen LogP contribution in [-0.2, 0) is 9.84 Å². The van der Waals surface area contributed by atoms with Crippen molar-refractivity contribution in [2.24, 2.45) is 0 Å². The molecule has 0 bridgehead atoms. The molecule has 3 nitrogen and oxygen atoms in total. The lowest BCUT2D eigenvalue weighted by Crippen LogP contribution is -2.11. The van der Waals surface area contributed by atoms with Crippen molar-refractivity contribution in [1.29, 1.82) is 0 Å². The maximum absolute atomic E-state index is 12.0. The van der Waals surface area contributed by atoms with Gasteiger partial charge in [0.1, 0.15) is 0 Å². The molecule has 0 aliphatic heterocycles. The van der Waals surface area contributed by atoms with Gasteiger partial charge >= 0.3 is 0 Å². The van der Waals surface area contributed by atoms with Crippen molar-refractivity contribution in [3.63, 3.8) is 0 Å². The Hall–Kier alpha value is -0.200. The first-order valence-electron chi connectivity index (χ1n) is 4.83. The number of rotatable bonds is 5. The second-order valence-electron chi connectivity index (χ2n) is 3.20. The van der Waals surface area contributed by atoms with Gasteiger partial charge in [0.15, 0.2) is 9.84 Å². The van der Waals surface area contributed by atoms with Crippen LogP contribution in [-0.4, -0.2) is 25.7 Å². The van der Waals surface area contributed by atoms with Gasteiger partial charge in [-0.15, -0.1) is 0 Å². The molecular weight excluding hydrogens is 310 g/mol. The molecule has 0 fully saturated rings. The number of benzene rings is 1. The van der Waals surface area contributed by atoms with Crippen molar-refractivity contribution < 1.29 is 8.42 Å². The third-order valence-electron chi connectivity index (χ3n) is 2.01. The van der Waals surface area contributed by atoms with Gasteiger partial charge in [0.2, 0.25) is 0 Å². The van der Waals surface area contributed by atoms with Crippen LogP contribution in [0.15, 0.2) is 27.6 Å². The van der Waals surface area contributed by atoms with Crippen LogP contribution in [0.1, 0.15) is 6.92 Å². The smallest absolute Gasteiger partial charge is 0.181 e. The fourth-order valence-electron chi connectivity index (χ4n) is 1.20. The first kappa shape index (κ1) is 13.9. The Kier molecular flexibility index (Phi) is 5.14. The second-order valence-corrected chi connectivity index (χ2v) is 7.59. The van der Waals surface area contributed by atoms with Gasteiger partial charge in [-0.2, -0.15) is 11.8 Å². The highest BCUT2D eigenvalue weighted by atomic mass is 79.9. The molecule has 0 radical (unpaired) electrons. The zero-order chi connectivity index (χ0) is 12.2. The molecule has 1 aromatic rings. The van der Waals surface area contributed by atoms with E-state index in [4.69, 9.17) is 5.73 Å². The van der Waals surface area contributed by atoms with Crippen LogP contribution in [0, 0.1) is 0 Å². The summed E-state index contributed by atoms with van der Waals surface area (Å²) >= 11 is 4.85. The molecule has 0 saturated carbocycles. The van der Waals surface area contributed by atoms with Gasteiger partial charge in [-0.25, -0.2) is 8.42 Å². The van der Waals surface area contributed by atoms with Crippen LogP contribution < -0.4 is 5.73 Å². The third kappa shape index (κ3) is 3.68. The summed E-state index contributed by atoms with van der Waals surface area (Å²) in [5.41, 5.74) is 5.98. The molecule has 0 saturated heterocycles. The quantitative estimate of drug-likeness (QED) is 0.668. The van der Waals surface area contributed by atoms with E-state index in [1.165, 1.54) is 0 Å². The van der Waals surface area contributed by atoms with E-state index in [0.717, 1.165) is 10.2 Å². The van der Waals surface area contributed by atoms with E-state index in [-0.39, 0.29) is 10.6 Å². The summed E-state index contributed by atoms with van der Waals surface area (Å²) in [5.74, 6) is 1.65. The van der Waals surface area contributed by atoms with Gasteiger partial charge in [-0.05, 0) is 24.0 Å². The molecule has 0 aliphatic carbocycles. The van der Waals surface area contributed by atoms with Crippen molar-refractivity contribution in [3.05, 3.63) is 22.7 Å². The van der Waals surface area contributed by atoms with Crippen LogP contribution in [0.2, 0.25) is 0 Å². The minimum absolute atomic E-state index is 0.131. The standard InChI is InChI=1S/C10H14BrNO2S2/c1-2-15-5-6-16(13,14)10-7-8(11)3-4-9(10)12/h3-4,7H,2,5-6,12H2,1H3. The van der Waals surface area contributed by atoms with Crippen molar-refractivity contribution in [2.75, 3.05) is 23.0 Å². The summed E-state index contributed by atoms with van der Waals surface area (Å²) in [4.78, 5) is 0.221. The van der Waals surface area contributed by atoms with Crippen LogP contribution in [0.3, 0.4) is 0 Å². The lowest BCUT2D eigenvalue weighted by Gasteiger charge is -2.07. The van der Waals surface area contributed by atoms with Gasteiger partial charge in [0, 0.05) is 10.2 Å². The minimum Gasteiger partial charge on any atom is -0.398 e. The SMILES string of the molecule is CCSCCS(=O)(=O)c1cc(Br)ccc1N. The van der Waals surface area contributed by atoms with Gasteiger partial charge in [0.05, 0.1) is 16.3 Å². The molecule has 0 aromatic heterocycles. The van der Waals surface area contributed by atoms with E-state index in [1.54, 1.807) is 30.0 Å². The topological polar surface area (TPSA) is 60.2 Å². The maximum Gasteiger partial charge on any atom is 0.181 e. The molecule has 90 valence electrons. The van der Waals surface area contributed by atoms with E-state index in [9.17, 15) is 8.42 Å². The zero-order valence-corrected chi connectivity index (χ0v) is 12.2. The number of sulfone groups is 1. The van der Waals surface area contributed by atoms with Crippen molar-refractivity contribution >= 4 is 43.2 Å². The Labute approximate surface area is 109 Å². The van der Waals surface area contributed by atoms with Gasteiger partial charge in [0.25, 0.3) is 0 Å². The summed E-state index contributed by atoms with van der Waals surface area (Å²) in [7, 11) is -3.26. The molecule has 1 rings (SSSR count). The van der Waals surface area contributed by atoms with Crippen LogP contribution in [0.5, 0.6) is 0 Å². The second kappa shape index (κ2) is 5.93. The molecule has 0 atom stereocenters. The number of nitrogen functional groups attached to an aromatic ring is 1. The first-order chi connectivity index (χ1) is 7.47. The van der Waals surface area contributed by atoms with Gasteiger partial charge in [-0.3, -0.25) is 0 Å². The van der Waals surface area contributed by atoms with Crippen molar-refractivity contribution in [2.45, 2.75) is 11.8 Å². The number of thioether (sulfide) groups is 1. The molecular formula is C10H14BrNO2S2. The summed E-state index contributed by atoms with van der Waals surface area (Å²) in [6.07, 6.45) is 0. The molecule has 6 heteroatoms. The predicted octanol–water partition coefficient (Wildman–Crippen LogP) is 2.56. The summed E-state index contributed by atoms with van der Waals surface area (Å²) < 4.78 is 24.7. The van der Waals surface area contributed by atoms with E-state index >= 15 is 0 Å². The average molecular weight is 324 g/mol. The summed E-state index contributed by atoms with van der Waals surface area (Å²) in [5, 5.41) is 0. The molecule has 0 aliphatic rings. The average Bonchev–Trinajstić information content (AvgIpc) is 2.22. The molecule has 2 N–H and O–H groups in total. The van der Waals surface area contributed by atoms with E-state index in [2.05, 4.69) is 15.9 Å². The highest BCUT2D eigenvalue weighted by Gasteiger charge is 2.17. The van der Waals surface area contributed by atoms with Crippen LogP contribution >= 0.6 is 27.7 Å². The monoisotopic (exact) mass is 323 g/mol. The summed E-state index contributed by atoms with van der Waals surface area (Å²) in [6.45, 7) is 2.00. The van der Waals surface area contributed by atoms with Gasteiger partial charge in [-0.1, -0.05) is 22.9 Å². The Morgan fingerprint density at radius 3 is 2.75 bits per heavy atom. The van der Waals surface area contributed by atoms with E-state index in [1.807, 2.05) is 6.92 Å². The van der Waals surface area contributed by atoms with E-state index in [0.29, 0.717) is 11.4 Å². The highest BCUT2D eigenvalue weighted by molar-refractivity contribution is 9.10. The Morgan fingerprint density at radius 1 is 1.44 bits per heavy atom. The fourth-order valence-corrected chi connectivity index (χ4v) is 4.30. The van der Waals surface area contributed by atoms with Crippen LogP contribution in [0.4, 0.5) is 5.69 Å². The minimum atomic E-state index is -3.26. The predicted molar refractivity (Wildman–Crippen MR) is 73.6 cm³/mol. The fraction of sp³-hybridized carbons (Fsp3) is 0.400. The number of hydrogen-bond acceptors (Lipinski definition) is 4. The molecule has 0 spiro atoms. The van der Waals surface area contributed by atoms with E-state index < -0.39 is 9.84 Å². The first-order valence-corrected chi connectivity index (χ1v) is 8.43. The van der Waals surface area contributed by atoms with Crippen molar-refractivity contribution in [1.82, 2.24) is 0 Å². The number of nitrogens with two attached hydrogens (primary N) is 1. The molecule has 0 unspecified atom stereocenters. The molecule has 0 heterocycles. The molecule has 0 amide bonds. The number of hydrogen-bond donors (Lipinski definition) is 1. The Bertz CT molecular complexity index is 460. The van der Waals surface area contributed by atoms with Crippen molar-refractivity contribution in [3.8, 4) is 0 Å². The zero-order valence-electron chi connectivity index (χ0n) is 8.94. The lowest BCUT2D eigenvalue weighted by atomic mass is 10.3. The van der Waals surface area contributed by atoms with Gasteiger partial charge < -0.3 is 5.73 Å². The number of anilines is 1.